The molecule has 0 aliphatic rings. The van der Waals surface area contributed by atoms with Crippen LogP contribution in [0.1, 0.15) is 26.2 Å². The van der Waals surface area contributed by atoms with E-state index in [0.717, 1.165) is 19.3 Å². The summed E-state index contributed by atoms with van der Waals surface area (Å²) < 4.78 is 10.7. The lowest BCUT2D eigenvalue weighted by Crippen LogP contribution is -2.31. The minimum Gasteiger partial charge on any atom is -0.480 e. The van der Waals surface area contributed by atoms with Crippen LogP contribution in [0.5, 0.6) is 0 Å². The smallest absolute Gasteiger partial charge is 0.339 e. The maximum absolute atomic E-state index is 10.7. The lowest BCUT2D eigenvalue weighted by Gasteiger charge is -2.20. The summed E-state index contributed by atoms with van der Waals surface area (Å²) in [6.45, 7) is 2.09. The molecule has 0 atom stereocenters. The highest BCUT2D eigenvalue weighted by molar-refractivity contribution is 7.51. The fourth-order valence-electron chi connectivity index (χ4n) is 1.24. The second-order valence-electron chi connectivity index (χ2n) is 3.46. The second-order valence-corrected chi connectivity index (χ2v) is 5.07. The zero-order valence-electron chi connectivity index (χ0n) is 8.80. The third-order valence-corrected chi connectivity index (χ3v) is 2.59. The number of rotatable bonds is 8. The Morgan fingerprint density at radius 2 is 1.93 bits per heavy atom. The van der Waals surface area contributed by atoms with E-state index in [9.17, 15) is 9.36 Å². The molecule has 0 aromatic rings. The van der Waals surface area contributed by atoms with E-state index in [4.69, 9.17) is 14.9 Å². The Kier molecular flexibility index (Phi) is 6.76. The summed E-state index contributed by atoms with van der Waals surface area (Å²) in [7, 11) is -4.16. The maximum atomic E-state index is 10.7. The van der Waals surface area contributed by atoms with Gasteiger partial charge in [0.25, 0.3) is 0 Å². The standard InChI is InChI=1S/C8H18NO5P/c1-2-3-4-5-9(6-8(10)11)7-15(12,13)14/h2-7H2,1H3,(H,10,11)(H2,12,13,14). The summed E-state index contributed by atoms with van der Waals surface area (Å²) in [5.74, 6) is -1.07. The van der Waals surface area contributed by atoms with Crippen molar-refractivity contribution in [1.82, 2.24) is 4.90 Å². The summed E-state index contributed by atoms with van der Waals surface area (Å²) >= 11 is 0. The minimum absolute atomic E-state index is 0.325. The van der Waals surface area contributed by atoms with Gasteiger partial charge >= 0.3 is 13.6 Å². The highest BCUT2D eigenvalue weighted by atomic mass is 31.2. The summed E-state index contributed by atoms with van der Waals surface area (Å²) in [6.07, 6.45) is 2.18. The molecule has 0 radical (unpaired) electrons. The highest BCUT2D eigenvalue weighted by Crippen LogP contribution is 2.34. The Balaban J connectivity index is 4.06. The van der Waals surface area contributed by atoms with Gasteiger partial charge in [0.05, 0.1) is 6.54 Å². The first-order valence-electron chi connectivity index (χ1n) is 4.84. The molecule has 0 aliphatic heterocycles. The third-order valence-electron chi connectivity index (χ3n) is 1.82. The second kappa shape index (κ2) is 6.95. The molecule has 0 aromatic carbocycles. The molecule has 15 heavy (non-hydrogen) atoms. The molecular formula is C8H18NO5P. The first-order chi connectivity index (χ1) is 6.85. The topological polar surface area (TPSA) is 98.1 Å². The van der Waals surface area contributed by atoms with Crippen LogP contribution in [0.3, 0.4) is 0 Å². The van der Waals surface area contributed by atoms with E-state index >= 15 is 0 Å². The fraction of sp³-hybridized carbons (Fsp3) is 0.875. The molecule has 0 unspecified atom stereocenters. The van der Waals surface area contributed by atoms with E-state index in [-0.39, 0.29) is 6.54 Å². The van der Waals surface area contributed by atoms with Crippen molar-refractivity contribution >= 4 is 13.6 Å². The van der Waals surface area contributed by atoms with Crippen LogP contribution in [0.25, 0.3) is 0 Å². The highest BCUT2D eigenvalue weighted by Gasteiger charge is 2.20. The summed E-state index contributed by atoms with van der Waals surface area (Å²) in [6, 6.07) is 0. The van der Waals surface area contributed by atoms with Crippen molar-refractivity contribution in [3.05, 3.63) is 0 Å². The van der Waals surface area contributed by atoms with Gasteiger partial charge in [0.15, 0.2) is 0 Å². The van der Waals surface area contributed by atoms with E-state index in [1.165, 1.54) is 4.90 Å². The van der Waals surface area contributed by atoms with Crippen LogP contribution in [-0.2, 0) is 9.36 Å². The predicted octanol–water partition coefficient (Wildman–Crippen LogP) is 0.698. The molecule has 6 nitrogen and oxygen atoms in total. The number of hydrogen-bond donors (Lipinski definition) is 3. The summed E-state index contributed by atoms with van der Waals surface area (Å²) in [4.78, 5) is 29.2. The van der Waals surface area contributed by atoms with Gasteiger partial charge in [-0.1, -0.05) is 19.8 Å². The molecular weight excluding hydrogens is 221 g/mol. The van der Waals surface area contributed by atoms with Crippen LogP contribution < -0.4 is 0 Å². The Morgan fingerprint density at radius 1 is 1.33 bits per heavy atom. The molecule has 0 spiro atoms. The van der Waals surface area contributed by atoms with Crippen molar-refractivity contribution in [2.24, 2.45) is 0 Å². The number of carbonyl (C=O) groups is 1. The SMILES string of the molecule is CCCCCN(CC(=O)O)CP(=O)(O)O. The van der Waals surface area contributed by atoms with Crippen molar-refractivity contribution < 1.29 is 24.3 Å². The Hall–Kier alpha value is -0.420. The predicted molar refractivity (Wildman–Crippen MR) is 55.6 cm³/mol. The van der Waals surface area contributed by atoms with Crippen molar-refractivity contribution in [1.29, 1.82) is 0 Å². The molecule has 0 heterocycles. The minimum atomic E-state index is -4.16. The van der Waals surface area contributed by atoms with Gasteiger partial charge in [-0.25, -0.2) is 0 Å². The van der Waals surface area contributed by atoms with Crippen LogP contribution in [0.15, 0.2) is 0 Å². The molecule has 90 valence electrons. The molecule has 0 fully saturated rings. The van der Waals surface area contributed by atoms with Gasteiger partial charge in [-0.3, -0.25) is 14.3 Å². The van der Waals surface area contributed by atoms with Gasteiger partial charge in [-0.2, -0.15) is 0 Å². The van der Waals surface area contributed by atoms with Crippen molar-refractivity contribution in [2.75, 3.05) is 19.4 Å². The van der Waals surface area contributed by atoms with Gasteiger partial charge in [0.1, 0.15) is 6.29 Å². The first kappa shape index (κ1) is 14.6. The van der Waals surface area contributed by atoms with Crippen LogP contribution in [0.2, 0.25) is 0 Å². The molecule has 0 rings (SSSR count). The van der Waals surface area contributed by atoms with Crippen LogP contribution in [0.4, 0.5) is 0 Å². The van der Waals surface area contributed by atoms with E-state index in [0.29, 0.717) is 6.54 Å². The Bertz CT molecular complexity index is 239. The average molecular weight is 239 g/mol. The van der Waals surface area contributed by atoms with E-state index < -0.39 is 19.9 Å². The number of nitrogens with zero attached hydrogens (tertiary/aromatic N) is 1. The van der Waals surface area contributed by atoms with E-state index in [1.54, 1.807) is 0 Å². The summed E-state index contributed by atoms with van der Waals surface area (Å²) in [5.41, 5.74) is 0. The molecule has 0 aliphatic carbocycles. The molecule has 0 bridgehead atoms. The number of carboxylic acids is 1. The zero-order valence-corrected chi connectivity index (χ0v) is 9.69. The number of unbranched alkanes of at least 4 members (excludes halogenated alkanes) is 2. The van der Waals surface area contributed by atoms with Crippen molar-refractivity contribution in [3.8, 4) is 0 Å². The van der Waals surface area contributed by atoms with Crippen molar-refractivity contribution in [3.63, 3.8) is 0 Å². The molecule has 0 saturated carbocycles. The molecule has 0 aromatic heterocycles. The lowest BCUT2D eigenvalue weighted by atomic mass is 10.2. The molecule has 0 amide bonds. The van der Waals surface area contributed by atoms with Gasteiger partial charge < -0.3 is 14.9 Å². The maximum Gasteiger partial charge on any atom is 0.339 e. The average Bonchev–Trinajstić information content (AvgIpc) is 2.00. The van der Waals surface area contributed by atoms with Gasteiger partial charge in [0.2, 0.25) is 0 Å². The normalized spacial score (nSPS) is 12.0. The Morgan fingerprint density at radius 3 is 2.33 bits per heavy atom. The third kappa shape index (κ3) is 9.87. The molecule has 7 heteroatoms. The number of hydrogen-bond acceptors (Lipinski definition) is 3. The van der Waals surface area contributed by atoms with Crippen LogP contribution in [-0.4, -0.2) is 45.1 Å². The summed E-state index contributed by atoms with van der Waals surface area (Å²) in [5, 5.41) is 8.54. The largest absolute Gasteiger partial charge is 0.480 e. The first-order valence-corrected chi connectivity index (χ1v) is 6.63. The molecule has 0 saturated heterocycles. The van der Waals surface area contributed by atoms with Crippen LogP contribution in [0, 0.1) is 0 Å². The zero-order chi connectivity index (χ0) is 11.9. The van der Waals surface area contributed by atoms with E-state index in [1.807, 2.05) is 6.92 Å². The van der Waals surface area contributed by atoms with Gasteiger partial charge in [-0.05, 0) is 13.0 Å². The van der Waals surface area contributed by atoms with Gasteiger partial charge in [0, 0.05) is 0 Å². The van der Waals surface area contributed by atoms with E-state index in [2.05, 4.69) is 0 Å². The van der Waals surface area contributed by atoms with Crippen LogP contribution >= 0.6 is 7.60 Å². The monoisotopic (exact) mass is 239 g/mol. The Labute approximate surface area is 89.1 Å². The number of aliphatic carboxylic acids is 1. The molecule has 3 N–H and O–H groups in total. The van der Waals surface area contributed by atoms with Crippen molar-refractivity contribution in [2.45, 2.75) is 26.2 Å². The lowest BCUT2D eigenvalue weighted by molar-refractivity contribution is -0.138. The van der Waals surface area contributed by atoms with Gasteiger partial charge in [-0.15, -0.1) is 0 Å². The quantitative estimate of drug-likeness (QED) is 0.426. The fourth-order valence-corrected chi connectivity index (χ4v) is 2.00. The number of carboxylic acid groups (broad SMARTS) is 1.